The number of halogens is 1. The van der Waals surface area contributed by atoms with Gasteiger partial charge in [0.15, 0.2) is 0 Å². The number of nitrogens with two attached hydrogens (primary N) is 1. The van der Waals surface area contributed by atoms with Crippen molar-refractivity contribution in [2.24, 2.45) is 5.73 Å². The predicted molar refractivity (Wildman–Crippen MR) is 100 cm³/mol. The molecule has 25 heavy (non-hydrogen) atoms. The van der Waals surface area contributed by atoms with E-state index in [0.717, 1.165) is 11.1 Å². The molecule has 126 valence electrons. The number of hydrogen-bond acceptors (Lipinski definition) is 4. The minimum Gasteiger partial charge on any atom is -0.366 e. The SMILES string of the molecule is Cc1ccc(NC(=O)c2cnc(-c3ccccc3Cl)s2)cc1C(N)=O. The highest BCUT2D eigenvalue weighted by atomic mass is 35.5. The van der Waals surface area contributed by atoms with Crippen LogP contribution in [0.5, 0.6) is 0 Å². The molecule has 0 spiro atoms. The van der Waals surface area contributed by atoms with E-state index in [1.807, 2.05) is 18.2 Å². The Morgan fingerprint density at radius 2 is 1.96 bits per heavy atom. The lowest BCUT2D eigenvalue weighted by atomic mass is 10.1. The second kappa shape index (κ2) is 7.04. The molecule has 2 amide bonds. The lowest BCUT2D eigenvalue weighted by molar-refractivity contribution is 0.0996. The van der Waals surface area contributed by atoms with E-state index in [4.69, 9.17) is 17.3 Å². The van der Waals surface area contributed by atoms with Gasteiger partial charge in [0.05, 0.1) is 11.2 Å². The average Bonchev–Trinajstić information content (AvgIpc) is 3.06. The summed E-state index contributed by atoms with van der Waals surface area (Å²) in [6, 6.07) is 12.3. The van der Waals surface area contributed by atoms with Gasteiger partial charge < -0.3 is 11.1 Å². The zero-order chi connectivity index (χ0) is 18.0. The van der Waals surface area contributed by atoms with Gasteiger partial charge in [-0.1, -0.05) is 35.9 Å². The maximum Gasteiger partial charge on any atom is 0.267 e. The number of hydrogen-bond donors (Lipinski definition) is 2. The average molecular weight is 372 g/mol. The summed E-state index contributed by atoms with van der Waals surface area (Å²) in [5.41, 5.74) is 7.74. The number of aryl methyl sites for hydroxylation is 1. The van der Waals surface area contributed by atoms with E-state index in [1.54, 1.807) is 31.2 Å². The summed E-state index contributed by atoms with van der Waals surface area (Å²) in [7, 11) is 0. The summed E-state index contributed by atoms with van der Waals surface area (Å²) in [4.78, 5) is 28.5. The van der Waals surface area contributed by atoms with Crippen LogP contribution in [-0.4, -0.2) is 16.8 Å². The number of amides is 2. The quantitative estimate of drug-likeness (QED) is 0.723. The maximum atomic E-state index is 12.4. The van der Waals surface area contributed by atoms with Crippen LogP contribution in [0, 0.1) is 6.92 Å². The van der Waals surface area contributed by atoms with Gasteiger partial charge in [0.2, 0.25) is 5.91 Å². The Balaban J connectivity index is 1.82. The van der Waals surface area contributed by atoms with Gasteiger partial charge in [-0.3, -0.25) is 9.59 Å². The third kappa shape index (κ3) is 3.70. The van der Waals surface area contributed by atoms with Crippen molar-refractivity contribution < 1.29 is 9.59 Å². The Morgan fingerprint density at radius 1 is 1.20 bits per heavy atom. The molecule has 7 heteroatoms. The molecule has 3 rings (SSSR count). The fourth-order valence-corrected chi connectivity index (χ4v) is 3.43. The smallest absolute Gasteiger partial charge is 0.267 e. The highest BCUT2D eigenvalue weighted by molar-refractivity contribution is 7.17. The van der Waals surface area contributed by atoms with Gasteiger partial charge in [-0.2, -0.15) is 0 Å². The second-order valence-corrected chi connectivity index (χ2v) is 6.80. The molecule has 0 saturated carbocycles. The summed E-state index contributed by atoms with van der Waals surface area (Å²) in [6.45, 7) is 1.78. The summed E-state index contributed by atoms with van der Waals surface area (Å²) in [6.07, 6.45) is 1.50. The van der Waals surface area contributed by atoms with E-state index in [1.165, 1.54) is 17.5 Å². The van der Waals surface area contributed by atoms with Crippen molar-refractivity contribution in [3.63, 3.8) is 0 Å². The molecule has 0 aliphatic carbocycles. The molecule has 0 radical (unpaired) electrons. The molecule has 3 N–H and O–H groups in total. The second-order valence-electron chi connectivity index (χ2n) is 5.36. The molecule has 0 saturated heterocycles. The monoisotopic (exact) mass is 371 g/mol. The maximum absolute atomic E-state index is 12.4. The summed E-state index contributed by atoms with van der Waals surface area (Å²) >= 11 is 7.40. The molecular weight excluding hydrogens is 358 g/mol. The van der Waals surface area contributed by atoms with E-state index >= 15 is 0 Å². The molecule has 5 nitrogen and oxygen atoms in total. The van der Waals surface area contributed by atoms with Gasteiger partial charge in [-0.05, 0) is 30.7 Å². The van der Waals surface area contributed by atoms with E-state index in [2.05, 4.69) is 10.3 Å². The Hall–Kier alpha value is -2.70. The fraction of sp³-hybridized carbons (Fsp3) is 0.0556. The van der Waals surface area contributed by atoms with Gasteiger partial charge >= 0.3 is 0 Å². The van der Waals surface area contributed by atoms with E-state index in [-0.39, 0.29) is 5.91 Å². The van der Waals surface area contributed by atoms with Crippen LogP contribution >= 0.6 is 22.9 Å². The first-order valence-electron chi connectivity index (χ1n) is 7.38. The van der Waals surface area contributed by atoms with Crippen LogP contribution in [0.25, 0.3) is 10.6 Å². The van der Waals surface area contributed by atoms with Crippen molar-refractivity contribution in [2.75, 3.05) is 5.32 Å². The number of carbonyl (C=O) groups excluding carboxylic acids is 2. The minimum atomic E-state index is -0.535. The molecule has 0 atom stereocenters. The predicted octanol–water partition coefficient (Wildman–Crippen LogP) is 4.12. The number of aromatic nitrogens is 1. The lowest BCUT2D eigenvalue weighted by Gasteiger charge is -2.07. The van der Waals surface area contributed by atoms with Gasteiger partial charge in [0, 0.05) is 16.8 Å². The first kappa shape index (κ1) is 17.1. The summed E-state index contributed by atoms with van der Waals surface area (Å²) in [5, 5.41) is 3.99. The van der Waals surface area contributed by atoms with Crippen LogP contribution in [-0.2, 0) is 0 Å². The largest absolute Gasteiger partial charge is 0.366 e. The number of carbonyl (C=O) groups is 2. The first-order chi connectivity index (χ1) is 12.0. The van der Waals surface area contributed by atoms with Crippen LogP contribution in [0.2, 0.25) is 5.02 Å². The van der Waals surface area contributed by atoms with Crippen molar-refractivity contribution in [1.82, 2.24) is 4.98 Å². The van der Waals surface area contributed by atoms with Crippen LogP contribution in [0.1, 0.15) is 25.6 Å². The number of nitrogens with zero attached hydrogens (tertiary/aromatic N) is 1. The van der Waals surface area contributed by atoms with Crippen molar-refractivity contribution in [1.29, 1.82) is 0 Å². The lowest BCUT2D eigenvalue weighted by Crippen LogP contribution is -2.15. The Morgan fingerprint density at radius 3 is 2.68 bits per heavy atom. The fourth-order valence-electron chi connectivity index (χ4n) is 2.30. The number of primary amides is 1. The third-order valence-corrected chi connectivity index (χ3v) is 4.95. The van der Waals surface area contributed by atoms with Crippen LogP contribution < -0.4 is 11.1 Å². The molecule has 0 aliphatic rings. The molecular formula is C18H14ClN3O2S. The van der Waals surface area contributed by atoms with Crippen molar-refractivity contribution in [2.45, 2.75) is 6.92 Å². The molecule has 1 heterocycles. The molecule has 2 aromatic carbocycles. The molecule has 0 bridgehead atoms. The van der Waals surface area contributed by atoms with Gasteiger partial charge in [0.1, 0.15) is 9.88 Å². The van der Waals surface area contributed by atoms with Crippen molar-refractivity contribution in [3.05, 3.63) is 69.7 Å². The Bertz CT molecular complexity index is 968. The highest BCUT2D eigenvalue weighted by Crippen LogP contribution is 2.31. The summed E-state index contributed by atoms with van der Waals surface area (Å²) < 4.78 is 0. The van der Waals surface area contributed by atoms with Gasteiger partial charge in [0.25, 0.3) is 5.91 Å². The standard InChI is InChI=1S/C18H14ClN3O2S/c1-10-6-7-11(8-13(10)16(20)23)22-17(24)15-9-21-18(25-15)12-4-2-3-5-14(12)19/h2-9H,1H3,(H2,20,23)(H,22,24). The number of anilines is 1. The minimum absolute atomic E-state index is 0.310. The Kier molecular flexibility index (Phi) is 4.83. The van der Waals surface area contributed by atoms with E-state index in [9.17, 15) is 9.59 Å². The molecule has 0 fully saturated rings. The van der Waals surface area contributed by atoms with Crippen molar-refractivity contribution >= 4 is 40.4 Å². The van der Waals surface area contributed by atoms with Gasteiger partial charge in [-0.25, -0.2) is 4.98 Å². The van der Waals surface area contributed by atoms with E-state index < -0.39 is 5.91 Å². The zero-order valence-electron chi connectivity index (χ0n) is 13.2. The number of benzene rings is 2. The molecule has 3 aromatic rings. The van der Waals surface area contributed by atoms with Gasteiger partial charge in [-0.15, -0.1) is 11.3 Å². The number of rotatable bonds is 4. The van der Waals surface area contributed by atoms with Crippen LogP contribution in [0.15, 0.2) is 48.7 Å². The number of thiazole rings is 1. The molecule has 1 aromatic heterocycles. The third-order valence-electron chi connectivity index (χ3n) is 3.59. The highest BCUT2D eigenvalue weighted by Gasteiger charge is 2.14. The Labute approximate surface area is 153 Å². The normalized spacial score (nSPS) is 10.5. The van der Waals surface area contributed by atoms with Crippen LogP contribution in [0.4, 0.5) is 5.69 Å². The van der Waals surface area contributed by atoms with Crippen molar-refractivity contribution in [3.8, 4) is 10.6 Å². The zero-order valence-corrected chi connectivity index (χ0v) is 14.8. The first-order valence-corrected chi connectivity index (χ1v) is 8.57. The summed E-state index contributed by atoms with van der Waals surface area (Å²) in [5.74, 6) is -0.845. The number of nitrogens with one attached hydrogen (secondary N) is 1. The molecule has 0 unspecified atom stereocenters. The van der Waals surface area contributed by atoms with E-state index in [0.29, 0.717) is 26.2 Å². The van der Waals surface area contributed by atoms with Crippen LogP contribution in [0.3, 0.4) is 0 Å². The molecule has 0 aliphatic heterocycles. The topological polar surface area (TPSA) is 85.1 Å².